The summed E-state index contributed by atoms with van der Waals surface area (Å²) in [5.74, 6) is -0.229. The minimum absolute atomic E-state index is 0.0610. The van der Waals surface area contributed by atoms with E-state index in [0.29, 0.717) is 11.9 Å². The number of benzene rings is 2. The van der Waals surface area contributed by atoms with Crippen molar-refractivity contribution in [3.63, 3.8) is 0 Å². The molecule has 32 heavy (non-hydrogen) atoms. The van der Waals surface area contributed by atoms with Gasteiger partial charge in [-0.05, 0) is 30.5 Å². The van der Waals surface area contributed by atoms with Crippen LogP contribution in [-0.2, 0) is 33.5 Å². The zero-order valence-corrected chi connectivity index (χ0v) is 18.8. The van der Waals surface area contributed by atoms with Gasteiger partial charge in [-0.1, -0.05) is 42.5 Å². The van der Waals surface area contributed by atoms with E-state index in [1.165, 1.54) is 0 Å². The largest absolute Gasteiger partial charge is 0.354 e. The number of carbonyl (C=O) groups excluding carboxylic acids is 1. The van der Waals surface area contributed by atoms with Crippen molar-refractivity contribution in [3.05, 3.63) is 84.6 Å². The summed E-state index contributed by atoms with van der Waals surface area (Å²) in [5, 5.41) is 3.54. The molecule has 0 atom stereocenters. The zero-order chi connectivity index (χ0) is 22.6. The number of rotatable bonds is 9. The third-order valence-electron chi connectivity index (χ3n) is 5.48. The van der Waals surface area contributed by atoms with Crippen LogP contribution in [0.4, 0.5) is 0 Å². The van der Waals surface area contributed by atoms with Gasteiger partial charge in [-0.3, -0.25) is 4.79 Å². The van der Waals surface area contributed by atoms with Gasteiger partial charge in [-0.2, -0.15) is 0 Å². The number of fused-ring (bicyclic) bond motifs is 1. The first kappa shape index (κ1) is 21.8. The van der Waals surface area contributed by atoms with Crippen LogP contribution in [0, 0.1) is 6.92 Å². The van der Waals surface area contributed by atoms with Crippen LogP contribution in [0.5, 0.6) is 0 Å². The molecule has 0 aliphatic heterocycles. The van der Waals surface area contributed by atoms with Crippen LogP contribution in [0.1, 0.15) is 17.5 Å². The summed E-state index contributed by atoms with van der Waals surface area (Å²) in [4.78, 5) is 16.8. The van der Waals surface area contributed by atoms with Gasteiger partial charge in [-0.15, -0.1) is 0 Å². The lowest BCUT2D eigenvalue weighted by molar-refractivity contribution is -0.121. The average molecular weight is 451 g/mol. The Labute approximate surface area is 187 Å². The van der Waals surface area contributed by atoms with Crippen molar-refractivity contribution < 1.29 is 13.2 Å². The van der Waals surface area contributed by atoms with Crippen molar-refractivity contribution in [2.24, 2.45) is 0 Å². The average Bonchev–Trinajstić information content (AvgIpc) is 3.42. The summed E-state index contributed by atoms with van der Waals surface area (Å²) < 4.78 is 30.2. The first-order chi connectivity index (χ1) is 15.4. The van der Waals surface area contributed by atoms with Crippen molar-refractivity contribution in [1.82, 2.24) is 19.4 Å². The van der Waals surface area contributed by atoms with Crippen molar-refractivity contribution in [2.75, 3.05) is 6.54 Å². The Morgan fingerprint density at radius 2 is 1.88 bits per heavy atom. The van der Waals surface area contributed by atoms with Gasteiger partial charge in [0.1, 0.15) is 6.54 Å². The van der Waals surface area contributed by atoms with Crippen LogP contribution in [0.3, 0.4) is 0 Å². The molecule has 0 spiro atoms. The molecule has 0 radical (unpaired) electrons. The van der Waals surface area contributed by atoms with Gasteiger partial charge in [0.15, 0.2) is 9.84 Å². The number of para-hydroxylation sites is 1. The number of sulfone groups is 1. The number of aryl methyl sites for hydroxylation is 2. The van der Waals surface area contributed by atoms with Crippen molar-refractivity contribution in [2.45, 2.75) is 37.1 Å². The summed E-state index contributed by atoms with van der Waals surface area (Å²) >= 11 is 0. The molecule has 2 aromatic heterocycles. The van der Waals surface area contributed by atoms with E-state index in [0.717, 1.165) is 29.6 Å². The maximum Gasteiger partial charge on any atom is 0.239 e. The normalized spacial score (nSPS) is 11.7. The van der Waals surface area contributed by atoms with Crippen LogP contribution in [0.2, 0.25) is 0 Å². The van der Waals surface area contributed by atoms with Gasteiger partial charge in [-0.25, -0.2) is 13.4 Å². The van der Waals surface area contributed by atoms with E-state index in [1.807, 2.05) is 60.2 Å². The minimum Gasteiger partial charge on any atom is -0.354 e. The monoisotopic (exact) mass is 450 g/mol. The predicted octanol–water partition coefficient (Wildman–Crippen LogP) is 3.33. The van der Waals surface area contributed by atoms with E-state index in [-0.39, 0.29) is 23.1 Å². The molecule has 0 aliphatic carbocycles. The molecule has 0 saturated heterocycles. The second kappa shape index (κ2) is 9.40. The molecule has 4 rings (SSSR count). The van der Waals surface area contributed by atoms with Crippen molar-refractivity contribution >= 4 is 26.6 Å². The third kappa shape index (κ3) is 4.91. The van der Waals surface area contributed by atoms with Crippen molar-refractivity contribution in [1.29, 1.82) is 0 Å². The highest BCUT2D eigenvalue weighted by atomic mass is 32.2. The minimum atomic E-state index is -3.58. The molecule has 1 N–H and O–H groups in total. The summed E-state index contributed by atoms with van der Waals surface area (Å²) in [6.45, 7) is 3.28. The molecular formula is C24H26N4O3S. The number of amides is 1. The number of nitrogens with zero attached hydrogens (tertiary/aromatic N) is 3. The van der Waals surface area contributed by atoms with E-state index in [4.69, 9.17) is 0 Å². The SMILES string of the molecule is Cc1ccccc1CS(=O)(=O)c1cn(CC(=O)NCCCn2ccnc2)c2ccccc12. The van der Waals surface area contributed by atoms with Crippen LogP contribution in [0.15, 0.2) is 78.3 Å². The van der Waals surface area contributed by atoms with Gasteiger partial charge in [0.25, 0.3) is 0 Å². The van der Waals surface area contributed by atoms with Crippen molar-refractivity contribution in [3.8, 4) is 0 Å². The molecule has 0 bridgehead atoms. The lowest BCUT2D eigenvalue weighted by atomic mass is 10.1. The van der Waals surface area contributed by atoms with Gasteiger partial charge < -0.3 is 14.5 Å². The van der Waals surface area contributed by atoms with E-state index >= 15 is 0 Å². The smallest absolute Gasteiger partial charge is 0.239 e. The summed E-state index contributed by atoms with van der Waals surface area (Å²) in [6.07, 6.45) is 7.72. The highest BCUT2D eigenvalue weighted by Crippen LogP contribution is 2.28. The first-order valence-corrected chi connectivity index (χ1v) is 12.2. The van der Waals surface area contributed by atoms with Crippen LogP contribution < -0.4 is 5.32 Å². The maximum absolute atomic E-state index is 13.3. The molecule has 4 aromatic rings. The van der Waals surface area contributed by atoms with E-state index in [2.05, 4.69) is 10.3 Å². The second-order valence-electron chi connectivity index (χ2n) is 7.83. The molecule has 0 unspecified atom stereocenters. The number of hydrogen-bond acceptors (Lipinski definition) is 4. The topological polar surface area (TPSA) is 86.0 Å². The molecule has 1 amide bonds. The van der Waals surface area contributed by atoms with E-state index < -0.39 is 9.84 Å². The highest BCUT2D eigenvalue weighted by molar-refractivity contribution is 7.90. The molecule has 0 aliphatic rings. The Morgan fingerprint density at radius 1 is 1.09 bits per heavy atom. The third-order valence-corrected chi connectivity index (χ3v) is 7.17. The number of imidazole rings is 1. The highest BCUT2D eigenvalue weighted by Gasteiger charge is 2.23. The van der Waals surface area contributed by atoms with Gasteiger partial charge in [0.05, 0.1) is 17.0 Å². The molecule has 166 valence electrons. The molecule has 0 saturated carbocycles. The molecule has 8 heteroatoms. The molecule has 7 nitrogen and oxygen atoms in total. The fourth-order valence-electron chi connectivity index (χ4n) is 3.77. The molecule has 2 aromatic carbocycles. The van der Waals surface area contributed by atoms with E-state index in [1.54, 1.807) is 29.4 Å². The maximum atomic E-state index is 13.3. The van der Waals surface area contributed by atoms with Crippen LogP contribution in [-0.4, -0.2) is 35.0 Å². The Bertz CT molecular complexity index is 1320. The number of hydrogen-bond donors (Lipinski definition) is 1. The summed E-state index contributed by atoms with van der Waals surface area (Å²) in [6, 6.07) is 14.8. The zero-order valence-electron chi connectivity index (χ0n) is 17.9. The van der Waals surface area contributed by atoms with Crippen LogP contribution >= 0.6 is 0 Å². The Hall–Kier alpha value is -3.39. The number of carbonyl (C=O) groups is 1. The Kier molecular flexibility index (Phi) is 6.41. The van der Waals surface area contributed by atoms with E-state index in [9.17, 15) is 13.2 Å². The van der Waals surface area contributed by atoms with Crippen LogP contribution in [0.25, 0.3) is 10.9 Å². The summed E-state index contributed by atoms with van der Waals surface area (Å²) in [5.41, 5.74) is 2.44. The second-order valence-corrected chi connectivity index (χ2v) is 9.79. The lowest BCUT2D eigenvalue weighted by Gasteiger charge is -2.08. The van der Waals surface area contributed by atoms with Gasteiger partial charge in [0, 0.05) is 42.6 Å². The number of nitrogens with one attached hydrogen (secondary N) is 1. The molecule has 0 fully saturated rings. The van der Waals surface area contributed by atoms with Gasteiger partial charge in [0.2, 0.25) is 5.91 Å². The van der Waals surface area contributed by atoms with Gasteiger partial charge >= 0.3 is 0 Å². The summed E-state index contributed by atoms with van der Waals surface area (Å²) in [7, 11) is -3.58. The fourth-order valence-corrected chi connectivity index (χ4v) is 5.45. The lowest BCUT2D eigenvalue weighted by Crippen LogP contribution is -2.28. The standard InChI is InChI=1S/C24H26N4O3S/c1-19-7-2-3-8-20(19)17-32(30,31)23-15-28(22-10-5-4-9-21(22)23)16-24(29)26-11-6-13-27-14-12-25-18-27/h2-5,7-10,12,14-15,18H,6,11,13,16-17H2,1H3,(H,26,29). The first-order valence-electron chi connectivity index (χ1n) is 10.5. The molecule has 2 heterocycles. The fraction of sp³-hybridized carbons (Fsp3) is 0.250. The number of aromatic nitrogens is 3. The Morgan fingerprint density at radius 3 is 2.66 bits per heavy atom. The predicted molar refractivity (Wildman–Crippen MR) is 124 cm³/mol. The Balaban J connectivity index is 1.49. The quantitative estimate of drug-likeness (QED) is 0.396. The molecular weight excluding hydrogens is 424 g/mol.